The molecule has 0 spiro atoms. The highest BCUT2D eigenvalue weighted by Gasteiger charge is 2.21. The summed E-state index contributed by atoms with van der Waals surface area (Å²) < 4.78 is 0. The van der Waals surface area contributed by atoms with Crippen LogP contribution in [0.15, 0.2) is 22.9 Å². The predicted octanol–water partition coefficient (Wildman–Crippen LogP) is 3.14. The summed E-state index contributed by atoms with van der Waals surface area (Å²) in [5.41, 5.74) is 1.53. The lowest BCUT2D eigenvalue weighted by molar-refractivity contribution is 1.42. The SMILES string of the molecule is CC1=CCC=C1[Si](C)(C)C. The lowest BCUT2D eigenvalue weighted by atomic mass is 10.3. The van der Waals surface area contributed by atoms with Gasteiger partial charge in [-0.2, -0.15) is 0 Å². The average Bonchev–Trinajstić information content (AvgIpc) is 2.11. The number of allylic oxidation sites excluding steroid dienone is 4. The van der Waals surface area contributed by atoms with E-state index in [2.05, 4.69) is 38.7 Å². The first-order valence-electron chi connectivity index (χ1n) is 3.89. The number of hydrogen-bond acceptors (Lipinski definition) is 0. The second-order valence-corrected chi connectivity index (χ2v) is 9.03. The minimum Gasteiger partial charge on any atom is -0.0812 e. The molecule has 0 nitrogen and oxygen atoms in total. The highest BCUT2D eigenvalue weighted by atomic mass is 28.3. The molecule has 10 heavy (non-hydrogen) atoms. The third-order valence-electron chi connectivity index (χ3n) is 1.98. The third kappa shape index (κ3) is 1.40. The Hall–Kier alpha value is -0.303. The Labute approximate surface area is 64.7 Å². The van der Waals surface area contributed by atoms with Gasteiger partial charge in [0.1, 0.15) is 0 Å². The van der Waals surface area contributed by atoms with Crippen LogP contribution in [-0.2, 0) is 0 Å². The molecule has 56 valence electrons. The van der Waals surface area contributed by atoms with Crippen LogP contribution in [0.5, 0.6) is 0 Å². The van der Waals surface area contributed by atoms with Gasteiger partial charge in [0, 0.05) is 0 Å². The predicted molar refractivity (Wildman–Crippen MR) is 49.8 cm³/mol. The maximum Gasteiger partial charge on any atom is 0.0775 e. The van der Waals surface area contributed by atoms with Crippen molar-refractivity contribution >= 4 is 8.07 Å². The van der Waals surface area contributed by atoms with Crippen molar-refractivity contribution in [1.29, 1.82) is 0 Å². The summed E-state index contributed by atoms with van der Waals surface area (Å²) >= 11 is 0. The Bertz CT molecular complexity index is 191. The fourth-order valence-electron chi connectivity index (χ4n) is 1.52. The molecule has 0 N–H and O–H groups in total. The number of hydrogen-bond donors (Lipinski definition) is 0. The van der Waals surface area contributed by atoms with Crippen molar-refractivity contribution in [2.75, 3.05) is 0 Å². The first kappa shape index (κ1) is 7.80. The zero-order valence-corrected chi connectivity index (χ0v) is 8.36. The summed E-state index contributed by atoms with van der Waals surface area (Å²) in [6.45, 7) is 9.45. The molecule has 0 aromatic carbocycles. The molecule has 0 radical (unpaired) electrons. The topological polar surface area (TPSA) is 0 Å². The largest absolute Gasteiger partial charge is 0.0812 e. The first-order chi connectivity index (χ1) is 4.52. The maximum atomic E-state index is 2.40. The van der Waals surface area contributed by atoms with E-state index in [-0.39, 0.29) is 0 Å². The Morgan fingerprint density at radius 3 is 2.00 bits per heavy atom. The molecule has 1 rings (SSSR count). The van der Waals surface area contributed by atoms with Gasteiger partial charge >= 0.3 is 0 Å². The van der Waals surface area contributed by atoms with E-state index in [9.17, 15) is 0 Å². The van der Waals surface area contributed by atoms with Gasteiger partial charge in [-0.3, -0.25) is 0 Å². The molecule has 1 aliphatic carbocycles. The third-order valence-corrected chi connectivity index (χ3v) is 4.19. The van der Waals surface area contributed by atoms with Gasteiger partial charge in [-0.25, -0.2) is 0 Å². The fourth-order valence-corrected chi connectivity index (χ4v) is 3.54. The van der Waals surface area contributed by atoms with Gasteiger partial charge in [0.25, 0.3) is 0 Å². The molecule has 1 heteroatoms. The van der Waals surface area contributed by atoms with E-state index in [1.54, 1.807) is 5.20 Å². The lowest BCUT2D eigenvalue weighted by Gasteiger charge is -2.18. The zero-order valence-electron chi connectivity index (χ0n) is 7.36. The molecule has 0 atom stereocenters. The quantitative estimate of drug-likeness (QED) is 0.506. The average molecular weight is 152 g/mol. The van der Waals surface area contributed by atoms with Gasteiger partial charge in [-0.15, -0.1) is 0 Å². The monoisotopic (exact) mass is 152 g/mol. The van der Waals surface area contributed by atoms with Crippen LogP contribution in [0.25, 0.3) is 0 Å². The molecule has 0 heterocycles. The summed E-state index contributed by atoms with van der Waals surface area (Å²) in [5.74, 6) is 0. The molecule has 0 fully saturated rings. The molecule has 0 saturated carbocycles. The Balaban J connectivity index is 2.85. The standard InChI is InChI=1S/C9H16Si/c1-8-6-5-7-9(8)10(2,3)4/h6-7H,5H2,1-4H3. The molecular formula is C9H16Si. The summed E-state index contributed by atoms with van der Waals surface area (Å²) in [6, 6.07) is 0. The van der Waals surface area contributed by atoms with Gasteiger partial charge in [-0.05, 0) is 13.3 Å². The van der Waals surface area contributed by atoms with E-state index in [1.165, 1.54) is 12.0 Å². The normalized spacial score (nSPS) is 18.8. The van der Waals surface area contributed by atoms with Crippen molar-refractivity contribution in [2.45, 2.75) is 33.0 Å². The van der Waals surface area contributed by atoms with Gasteiger partial charge in [0.05, 0.1) is 8.07 Å². The summed E-state index contributed by atoms with van der Waals surface area (Å²) in [4.78, 5) is 0. The second kappa shape index (κ2) is 2.39. The van der Waals surface area contributed by atoms with E-state index in [0.717, 1.165) is 0 Å². The van der Waals surface area contributed by atoms with Gasteiger partial charge in [0.15, 0.2) is 0 Å². The Kier molecular flexibility index (Phi) is 1.86. The molecular weight excluding hydrogens is 136 g/mol. The van der Waals surface area contributed by atoms with E-state index < -0.39 is 8.07 Å². The zero-order chi connectivity index (χ0) is 7.78. The van der Waals surface area contributed by atoms with Gasteiger partial charge < -0.3 is 0 Å². The van der Waals surface area contributed by atoms with Crippen molar-refractivity contribution < 1.29 is 0 Å². The molecule has 0 unspecified atom stereocenters. The van der Waals surface area contributed by atoms with E-state index in [0.29, 0.717) is 0 Å². The highest BCUT2D eigenvalue weighted by Crippen LogP contribution is 2.27. The van der Waals surface area contributed by atoms with E-state index >= 15 is 0 Å². The fraction of sp³-hybridized carbons (Fsp3) is 0.556. The van der Waals surface area contributed by atoms with Gasteiger partial charge in [-0.1, -0.05) is 42.6 Å². The number of rotatable bonds is 1. The van der Waals surface area contributed by atoms with Crippen LogP contribution in [-0.4, -0.2) is 8.07 Å². The first-order valence-corrected chi connectivity index (χ1v) is 7.39. The van der Waals surface area contributed by atoms with Crippen molar-refractivity contribution in [1.82, 2.24) is 0 Å². The van der Waals surface area contributed by atoms with Crippen LogP contribution in [0.4, 0.5) is 0 Å². The molecule has 0 saturated heterocycles. The van der Waals surface area contributed by atoms with Crippen molar-refractivity contribution in [3.05, 3.63) is 22.9 Å². The van der Waals surface area contributed by atoms with Crippen LogP contribution in [0.1, 0.15) is 13.3 Å². The Morgan fingerprint density at radius 2 is 1.80 bits per heavy atom. The van der Waals surface area contributed by atoms with E-state index in [1.807, 2.05) is 0 Å². The smallest absolute Gasteiger partial charge is 0.0775 e. The van der Waals surface area contributed by atoms with Crippen LogP contribution >= 0.6 is 0 Å². The maximum absolute atomic E-state index is 2.40. The van der Waals surface area contributed by atoms with Crippen molar-refractivity contribution in [3.8, 4) is 0 Å². The van der Waals surface area contributed by atoms with Crippen molar-refractivity contribution in [3.63, 3.8) is 0 Å². The molecule has 0 aliphatic heterocycles. The molecule has 0 amide bonds. The van der Waals surface area contributed by atoms with Crippen LogP contribution < -0.4 is 0 Å². The minimum absolute atomic E-state index is 0.994. The van der Waals surface area contributed by atoms with E-state index in [4.69, 9.17) is 0 Å². The summed E-state index contributed by atoms with van der Waals surface area (Å²) in [6.07, 6.45) is 5.89. The van der Waals surface area contributed by atoms with Crippen molar-refractivity contribution in [2.24, 2.45) is 0 Å². The minimum atomic E-state index is -0.994. The molecule has 1 aliphatic rings. The summed E-state index contributed by atoms with van der Waals surface area (Å²) in [7, 11) is -0.994. The highest BCUT2D eigenvalue weighted by molar-refractivity contribution is 6.84. The molecule has 0 aromatic rings. The molecule has 0 aromatic heterocycles. The van der Waals surface area contributed by atoms with Crippen LogP contribution in [0.3, 0.4) is 0 Å². The van der Waals surface area contributed by atoms with Gasteiger partial charge in [0.2, 0.25) is 0 Å². The lowest BCUT2D eigenvalue weighted by Crippen LogP contribution is -2.23. The van der Waals surface area contributed by atoms with Crippen LogP contribution in [0, 0.1) is 0 Å². The second-order valence-electron chi connectivity index (χ2n) is 3.99. The van der Waals surface area contributed by atoms with Crippen LogP contribution in [0.2, 0.25) is 19.6 Å². The Morgan fingerprint density at radius 1 is 1.20 bits per heavy atom. The molecule has 0 bridgehead atoms. The summed E-state index contributed by atoms with van der Waals surface area (Å²) in [5, 5.41) is 1.66.